The maximum atomic E-state index is 13.8. The van der Waals surface area contributed by atoms with Crippen LogP contribution in [-0.4, -0.2) is 15.9 Å². The monoisotopic (exact) mass is 403 g/mol. The number of carbonyl (C=O) groups is 1. The molecule has 0 atom stereocenters. The molecule has 0 aliphatic rings. The maximum absolute atomic E-state index is 13.8. The molecule has 0 spiro atoms. The summed E-state index contributed by atoms with van der Waals surface area (Å²) in [7, 11) is 0. The van der Waals surface area contributed by atoms with Crippen molar-refractivity contribution < 1.29 is 13.6 Å². The number of alkyl halides is 2. The van der Waals surface area contributed by atoms with Crippen LogP contribution in [0.25, 0.3) is 22.2 Å². The largest absolute Gasteiger partial charge is 0.353 e. The normalized spacial score (nSPS) is 11.4. The summed E-state index contributed by atoms with van der Waals surface area (Å²) in [6.07, 6.45) is 2.15. The number of fused-ring (bicyclic) bond motifs is 1. The van der Waals surface area contributed by atoms with Gasteiger partial charge in [0, 0.05) is 29.2 Å². The van der Waals surface area contributed by atoms with Gasteiger partial charge in [-0.25, -0.2) is 0 Å². The first-order valence-electron chi connectivity index (χ1n) is 9.39. The second-order valence-corrected chi connectivity index (χ2v) is 6.91. The molecular weight excluding hydrogens is 384 g/mol. The van der Waals surface area contributed by atoms with Crippen LogP contribution in [0.1, 0.15) is 21.6 Å². The molecule has 2 aromatic carbocycles. The summed E-state index contributed by atoms with van der Waals surface area (Å²) in [6.45, 7) is 3.45. The Balaban J connectivity index is 1.44. The van der Waals surface area contributed by atoms with Crippen LogP contribution in [0.5, 0.6) is 0 Å². The maximum Gasteiger partial charge on any atom is 0.305 e. The molecule has 150 valence electrons. The van der Waals surface area contributed by atoms with Crippen LogP contribution in [0.15, 0.2) is 85.6 Å². The highest BCUT2D eigenvalue weighted by Gasteiger charge is 2.29. The van der Waals surface area contributed by atoms with Gasteiger partial charge in [-0.05, 0) is 42.0 Å². The molecule has 6 heteroatoms. The molecule has 2 aromatic heterocycles. The van der Waals surface area contributed by atoms with Crippen LogP contribution < -0.4 is 5.32 Å². The van der Waals surface area contributed by atoms with E-state index in [4.69, 9.17) is 0 Å². The minimum atomic E-state index is -3.12. The zero-order chi connectivity index (χ0) is 21.1. The van der Waals surface area contributed by atoms with E-state index < -0.39 is 5.92 Å². The molecule has 0 aliphatic heterocycles. The van der Waals surface area contributed by atoms with Gasteiger partial charge in [0.2, 0.25) is 0 Å². The summed E-state index contributed by atoms with van der Waals surface area (Å²) < 4.78 is 27.6. The highest BCUT2D eigenvalue weighted by Crippen LogP contribution is 2.31. The molecule has 0 saturated heterocycles. The van der Waals surface area contributed by atoms with E-state index in [1.54, 1.807) is 30.3 Å². The van der Waals surface area contributed by atoms with Crippen molar-refractivity contribution in [3.8, 4) is 11.3 Å². The lowest BCUT2D eigenvalue weighted by Crippen LogP contribution is -2.22. The molecule has 1 amide bonds. The van der Waals surface area contributed by atoms with Gasteiger partial charge in [-0.3, -0.25) is 9.78 Å². The first-order chi connectivity index (χ1) is 14.5. The van der Waals surface area contributed by atoms with Crippen molar-refractivity contribution >= 4 is 16.8 Å². The molecule has 0 bridgehead atoms. The second kappa shape index (κ2) is 7.91. The number of amides is 1. The van der Waals surface area contributed by atoms with Crippen LogP contribution >= 0.6 is 0 Å². The third kappa shape index (κ3) is 3.98. The summed E-state index contributed by atoms with van der Waals surface area (Å²) in [5.74, 6) is -3.37. The number of hydrogen-bond donors (Lipinski definition) is 2. The lowest BCUT2D eigenvalue weighted by molar-refractivity contribution is 0.0484. The zero-order valence-corrected chi connectivity index (χ0v) is 16.0. The number of nitrogens with zero attached hydrogens (tertiary/aromatic N) is 1. The van der Waals surface area contributed by atoms with Crippen molar-refractivity contribution in [3.63, 3.8) is 0 Å². The minimum absolute atomic E-state index is 0.210. The number of hydrogen-bond acceptors (Lipinski definition) is 2. The Bertz CT molecular complexity index is 1200. The minimum Gasteiger partial charge on any atom is -0.353 e. The van der Waals surface area contributed by atoms with Crippen LogP contribution in [0.2, 0.25) is 0 Å². The van der Waals surface area contributed by atoms with Crippen molar-refractivity contribution in [2.75, 3.05) is 0 Å². The zero-order valence-electron chi connectivity index (χ0n) is 16.0. The molecule has 2 N–H and O–H groups in total. The third-order valence-corrected chi connectivity index (χ3v) is 4.85. The highest BCUT2D eigenvalue weighted by molar-refractivity contribution is 5.94. The van der Waals surface area contributed by atoms with Crippen molar-refractivity contribution in [2.24, 2.45) is 0 Å². The fraction of sp³-hybridized carbons (Fsp3) is 0.0833. The molecule has 4 nitrogen and oxygen atoms in total. The van der Waals surface area contributed by atoms with Gasteiger partial charge in [0.15, 0.2) is 0 Å². The van der Waals surface area contributed by atoms with Crippen LogP contribution in [-0.2, 0) is 12.5 Å². The number of halogens is 2. The Morgan fingerprint density at radius 3 is 2.60 bits per heavy atom. The lowest BCUT2D eigenvalue weighted by Gasteiger charge is -2.07. The van der Waals surface area contributed by atoms with Crippen LogP contribution in [0.3, 0.4) is 0 Å². The summed E-state index contributed by atoms with van der Waals surface area (Å²) in [5.41, 5.74) is 3.41. The smallest absolute Gasteiger partial charge is 0.305 e. The Morgan fingerprint density at radius 2 is 1.90 bits per heavy atom. The number of H-pyrrole nitrogens is 1. The Kier molecular flexibility index (Phi) is 5.14. The average molecular weight is 403 g/mol. The van der Waals surface area contributed by atoms with E-state index >= 15 is 0 Å². The molecular formula is C24H19F2N3O. The molecule has 30 heavy (non-hydrogen) atoms. The van der Waals surface area contributed by atoms with Crippen LogP contribution in [0.4, 0.5) is 8.78 Å². The van der Waals surface area contributed by atoms with Gasteiger partial charge < -0.3 is 10.3 Å². The van der Waals surface area contributed by atoms with E-state index in [1.807, 2.05) is 30.3 Å². The molecule has 0 fully saturated rings. The number of aromatic nitrogens is 2. The topological polar surface area (TPSA) is 57.8 Å². The average Bonchev–Trinajstić information content (AvgIpc) is 3.22. The quantitative estimate of drug-likeness (QED) is 0.421. The van der Waals surface area contributed by atoms with E-state index in [0.717, 1.165) is 16.8 Å². The predicted molar refractivity (Wildman–Crippen MR) is 113 cm³/mol. The molecule has 0 aliphatic carbocycles. The number of rotatable bonds is 6. The van der Waals surface area contributed by atoms with Crippen molar-refractivity contribution in [3.05, 3.63) is 102 Å². The third-order valence-electron chi connectivity index (χ3n) is 4.85. The highest BCUT2D eigenvalue weighted by atomic mass is 19.3. The molecule has 4 aromatic rings. The summed E-state index contributed by atoms with van der Waals surface area (Å²) in [6, 6.07) is 19.9. The molecule has 4 rings (SSSR count). The van der Waals surface area contributed by atoms with Gasteiger partial charge in [0.1, 0.15) is 0 Å². The SMILES string of the molecule is C=CC(F)(F)c1cc2cc(CNC(=O)c3ccc(-c4ccccc4)nc3)ccc2[nH]1. The fourth-order valence-electron chi connectivity index (χ4n) is 3.17. The van der Waals surface area contributed by atoms with E-state index in [-0.39, 0.29) is 18.1 Å². The molecule has 0 unspecified atom stereocenters. The number of nitrogens with one attached hydrogen (secondary N) is 2. The van der Waals surface area contributed by atoms with E-state index in [2.05, 4.69) is 21.9 Å². The van der Waals surface area contributed by atoms with Gasteiger partial charge in [0.25, 0.3) is 5.91 Å². The standard InChI is InChI=1S/C24H19F2N3O/c1-2-24(25,26)22-13-19-12-16(8-10-21(19)29-22)14-28-23(30)18-9-11-20(27-15-18)17-6-4-3-5-7-17/h2-13,15,29H,1,14H2,(H,28,30). The van der Waals surface area contributed by atoms with E-state index in [1.165, 1.54) is 12.3 Å². The van der Waals surface area contributed by atoms with Gasteiger partial charge in [-0.15, -0.1) is 0 Å². The van der Waals surface area contributed by atoms with Crippen molar-refractivity contribution in [1.82, 2.24) is 15.3 Å². The van der Waals surface area contributed by atoms with Gasteiger partial charge in [0.05, 0.1) is 17.0 Å². The Hall–Kier alpha value is -3.80. The van der Waals surface area contributed by atoms with Gasteiger partial charge in [-0.1, -0.05) is 43.0 Å². The fourth-order valence-corrected chi connectivity index (χ4v) is 3.17. The van der Waals surface area contributed by atoms with E-state index in [9.17, 15) is 13.6 Å². The van der Waals surface area contributed by atoms with E-state index in [0.29, 0.717) is 22.5 Å². The summed E-state index contributed by atoms with van der Waals surface area (Å²) in [5, 5.41) is 3.48. The van der Waals surface area contributed by atoms with Gasteiger partial charge >= 0.3 is 5.92 Å². The lowest BCUT2D eigenvalue weighted by atomic mass is 10.1. The summed E-state index contributed by atoms with van der Waals surface area (Å²) >= 11 is 0. The molecule has 0 saturated carbocycles. The molecule has 2 heterocycles. The second-order valence-electron chi connectivity index (χ2n) is 6.91. The first kappa shape index (κ1) is 19.5. The van der Waals surface area contributed by atoms with Crippen molar-refractivity contribution in [2.45, 2.75) is 12.5 Å². The van der Waals surface area contributed by atoms with Gasteiger partial charge in [-0.2, -0.15) is 8.78 Å². The number of pyridine rings is 1. The predicted octanol–water partition coefficient (Wildman–Crippen LogP) is 5.44. The summed E-state index contributed by atoms with van der Waals surface area (Å²) in [4.78, 5) is 19.5. The van der Waals surface area contributed by atoms with Crippen molar-refractivity contribution in [1.29, 1.82) is 0 Å². The Morgan fingerprint density at radius 1 is 1.10 bits per heavy atom. The molecule has 0 radical (unpaired) electrons. The van der Waals surface area contributed by atoms with Crippen LogP contribution in [0, 0.1) is 0 Å². The number of carbonyl (C=O) groups excluding carboxylic acids is 1. The number of aromatic amines is 1. The number of allylic oxidation sites excluding steroid dienone is 1. The number of benzene rings is 2. The first-order valence-corrected chi connectivity index (χ1v) is 9.39. The Labute approximate surface area is 172 Å².